The molecule has 1 saturated heterocycles. The highest BCUT2D eigenvalue weighted by atomic mass is 19.1. The van der Waals surface area contributed by atoms with Gasteiger partial charge in [0, 0.05) is 61.2 Å². The molecule has 2 atom stereocenters. The molecule has 1 aliphatic carbocycles. The van der Waals surface area contributed by atoms with Crippen LogP contribution in [0.15, 0.2) is 88.0 Å². The van der Waals surface area contributed by atoms with Gasteiger partial charge in [0.2, 0.25) is 0 Å². The van der Waals surface area contributed by atoms with E-state index >= 15 is 0 Å². The van der Waals surface area contributed by atoms with Gasteiger partial charge < -0.3 is 19.9 Å². The van der Waals surface area contributed by atoms with Gasteiger partial charge in [0.25, 0.3) is 5.91 Å². The van der Waals surface area contributed by atoms with Gasteiger partial charge in [-0.05, 0) is 70.9 Å². The monoisotopic (exact) mass is 585 g/mol. The number of hydrogen-bond acceptors (Lipinski definition) is 6. The number of fused-ring (bicyclic) bond motifs is 1. The number of carbonyl (C=O) groups excluding carboxylic acids is 2. The smallest absolute Gasteiger partial charge is 0.306 e. The van der Waals surface area contributed by atoms with Crippen molar-refractivity contribution in [2.45, 2.75) is 64.6 Å². The average molecular weight is 586 g/mol. The minimum Gasteiger partial charge on any atom is -0.460 e. The van der Waals surface area contributed by atoms with Crippen LogP contribution in [0.25, 0.3) is 0 Å². The van der Waals surface area contributed by atoms with Crippen LogP contribution in [-0.2, 0) is 14.3 Å². The van der Waals surface area contributed by atoms with Gasteiger partial charge in [-0.2, -0.15) is 0 Å². The minimum atomic E-state index is -0.514. The van der Waals surface area contributed by atoms with Crippen LogP contribution in [0.5, 0.6) is 0 Å². The minimum absolute atomic E-state index is 0.00677. The van der Waals surface area contributed by atoms with Crippen molar-refractivity contribution in [2.24, 2.45) is 9.98 Å². The molecule has 2 aromatic carbocycles. The van der Waals surface area contributed by atoms with E-state index in [2.05, 4.69) is 10.2 Å². The number of esters is 1. The lowest BCUT2D eigenvalue weighted by molar-refractivity contribution is -0.154. The second-order valence-corrected chi connectivity index (χ2v) is 12.2. The topological polar surface area (TPSA) is 86.6 Å². The summed E-state index contributed by atoms with van der Waals surface area (Å²) >= 11 is 0. The Bertz CT molecular complexity index is 1460. The lowest BCUT2D eigenvalue weighted by Crippen LogP contribution is -2.54. The molecule has 0 radical (unpaired) electrons. The highest BCUT2D eigenvalue weighted by molar-refractivity contribution is 6.48. The zero-order chi connectivity index (χ0) is 30.6. The fourth-order valence-electron chi connectivity index (χ4n) is 5.53. The van der Waals surface area contributed by atoms with Crippen LogP contribution in [0.1, 0.15) is 52.5 Å². The molecule has 2 heterocycles. The number of rotatable bonds is 7. The number of aliphatic imine (C=N–C) groups is 2. The molecule has 226 valence electrons. The standard InChI is InChI=1S/C34H40FN5O3/c1-23-22-39(27-15-13-26(35)14-16-27)19-20-40(23)33(42)25-12-17-28-29(21-25)38-32(31(37-28)24-9-6-5-7-10-24)36-18-8-11-30(41)43-34(2,3)4/h5-7,9-10,12-16,21,23,28H,8,11,17-20,22H2,1-4H3,(H,36,38)/t23-,28?/m1/s1. The molecule has 0 aromatic heterocycles. The summed E-state index contributed by atoms with van der Waals surface area (Å²) in [5.41, 5.74) is 3.66. The largest absolute Gasteiger partial charge is 0.460 e. The van der Waals surface area contributed by atoms with E-state index in [0.29, 0.717) is 50.4 Å². The Morgan fingerprint density at radius 1 is 1.09 bits per heavy atom. The number of nitrogens with one attached hydrogen (secondary N) is 1. The number of benzene rings is 2. The van der Waals surface area contributed by atoms with E-state index in [-0.39, 0.29) is 36.2 Å². The molecule has 1 N–H and O–H groups in total. The maximum atomic E-state index is 13.7. The van der Waals surface area contributed by atoms with Crippen molar-refractivity contribution in [3.63, 3.8) is 0 Å². The molecule has 1 unspecified atom stereocenters. The number of halogens is 1. The first-order chi connectivity index (χ1) is 20.6. The SMILES string of the molecule is C[C@@H]1CN(c2ccc(F)cc2)CCN1C(=O)C1=CCC2N=C(c3ccccc3)C(=NCCCC(=O)OC(C)(C)C)NC2=C1. The molecule has 9 heteroatoms. The molecular weight excluding hydrogens is 545 g/mol. The predicted molar refractivity (Wildman–Crippen MR) is 168 cm³/mol. The number of hydrogen-bond donors (Lipinski definition) is 1. The van der Waals surface area contributed by atoms with Crippen LogP contribution in [0, 0.1) is 5.82 Å². The van der Waals surface area contributed by atoms with Gasteiger partial charge in [-0.3, -0.25) is 19.6 Å². The van der Waals surface area contributed by atoms with E-state index in [4.69, 9.17) is 14.7 Å². The number of anilines is 1. The van der Waals surface area contributed by atoms with E-state index < -0.39 is 5.60 Å². The second kappa shape index (κ2) is 12.9. The second-order valence-electron chi connectivity index (χ2n) is 12.2. The van der Waals surface area contributed by atoms with Crippen molar-refractivity contribution in [1.29, 1.82) is 0 Å². The summed E-state index contributed by atoms with van der Waals surface area (Å²) in [7, 11) is 0. The summed E-state index contributed by atoms with van der Waals surface area (Å²) in [6.07, 6.45) is 5.32. The summed E-state index contributed by atoms with van der Waals surface area (Å²) in [5.74, 6) is 0.129. The fraction of sp³-hybridized carbons (Fsp3) is 0.412. The first kappa shape index (κ1) is 30.2. The third-order valence-corrected chi connectivity index (χ3v) is 7.61. The third-order valence-electron chi connectivity index (χ3n) is 7.61. The summed E-state index contributed by atoms with van der Waals surface area (Å²) in [4.78, 5) is 39.8. The van der Waals surface area contributed by atoms with Crippen LogP contribution in [0.4, 0.5) is 10.1 Å². The molecule has 0 spiro atoms. The summed E-state index contributed by atoms with van der Waals surface area (Å²) < 4.78 is 18.8. The highest BCUT2D eigenvalue weighted by Crippen LogP contribution is 2.27. The molecule has 2 aliphatic heterocycles. The molecule has 0 saturated carbocycles. The van der Waals surface area contributed by atoms with Crippen molar-refractivity contribution < 1.29 is 18.7 Å². The number of amides is 1. The van der Waals surface area contributed by atoms with Gasteiger partial charge >= 0.3 is 5.97 Å². The van der Waals surface area contributed by atoms with Crippen molar-refractivity contribution in [2.75, 3.05) is 31.1 Å². The lowest BCUT2D eigenvalue weighted by atomic mass is 9.95. The van der Waals surface area contributed by atoms with Crippen molar-refractivity contribution in [3.8, 4) is 0 Å². The quantitative estimate of drug-likeness (QED) is 0.363. The molecule has 43 heavy (non-hydrogen) atoms. The number of piperazine rings is 1. The Balaban J connectivity index is 1.28. The van der Waals surface area contributed by atoms with E-state index in [1.165, 1.54) is 12.1 Å². The van der Waals surface area contributed by atoms with E-state index in [1.54, 1.807) is 12.1 Å². The van der Waals surface area contributed by atoms with E-state index in [0.717, 1.165) is 22.7 Å². The number of ether oxygens (including phenoxy) is 1. The average Bonchev–Trinajstić information content (AvgIpc) is 2.98. The molecule has 2 aromatic rings. The van der Waals surface area contributed by atoms with E-state index in [1.807, 2.05) is 75.1 Å². The molecule has 0 bridgehead atoms. The molecule has 1 amide bonds. The number of nitrogens with zero attached hydrogens (tertiary/aromatic N) is 4. The molecule has 1 fully saturated rings. The zero-order valence-electron chi connectivity index (χ0n) is 25.3. The molecule has 3 aliphatic rings. The summed E-state index contributed by atoms with van der Waals surface area (Å²) in [6.45, 7) is 9.98. The highest BCUT2D eigenvalue weighted by Gasteiger charge is 2.33. The van der Waals surface area contributed by atoms with Crippen molar-refractivity contribution >= 4 is 29.1 Å². The zero-order valence-corrected chi connectivity index (χ0v) is 25.3. The first-order valence-electron chi connectivity index (χ1n) is 15.0. The maximum absolute atomic E-state index is 13.7. The Hall–Kier alpha value is -4.27. The van der Waals surface area contributed by atoms with Crippen LogP contribution in [-0.4, -0.2) is 72.2 Å². The van der Waals surface area contributed by atoms with Crippen LogP contribution >= 0.6 is 0 Å². The number of amidine groups is 1. The predicted octanol–water partition coefficient (Wildman–Crippen LogP) is 5.06. The summed E-state index contributed by atoms with van der Waals surface area (Å²) in [5, 5.41) is 3.48. The Kier molecular flexibility index (Phi) is 9.08. The van der Waals surface area contributed by atoms with Crippen LogP contribution in [0.2, 0.25) is 0 Å². The first-order valence-corrected chi connectivity index (χ1v) is 15.0. The van der Waals surface area contributed by atoms with Crippen LogP contribution < -0.4 is 10.2 Å². The fourth-order valence-corrected chi connectivity index (χ4v) is 5.53. The van der Waals surface area contributed by atoms with Gasteiger partial charge in [0.05, 0.1) is 6.04 Å². The molecule has 5 rings (SSSR count). The molecule has 8 nitrogen and oxygen atoms in total. The van der Waals surface area contributed by atoms with Gasteiger partial charge in [0.15, 0.2) is 5.84 Å². The lowest BCUT2D eigenvalue weighted by Gasteiger charge is -2.41. The van der Waals surface area contributed by atoms with Gasteiger partial charge in [-0.1, -0.05) is 36.4 Å². The van der Waals surface area contributed by atoms with Crippen LogP contribution in [0.3, 0.4) is 0 Å². The van der Waals surface area contributed by atoms with Crippen molar-refractivity contribution in [1.82, 2.24) is 10.2 Å². The maximum Gasteiger partial charge on any atom is 0.306 e. The van der Waals surface area contributed by atoms with Gasteiger partial charge in [0.1, 0.15) is 17.1 Å². The Morgan fingerprint density at radius 3 is 2.53 bits per heavy atom. The van der Waals surface area contributed by atoms with Crippen molar-refractivity contribution in [3.05, 3.63) is 89.4 Å². The number of carbonyl (C=O) groups is 2. The molecular formula is C34H40FN5O3. The van der Waals surface area contributed by atoms with Gasteiger partial charge in [-0.25, -0.2) is 4.39 Å². The van der Waals surface area contributed by atoms with E-state index in [9.17, 15) is 14.0 Å². The normalized spacial score (nSPS) is 21.3. The summed E-state index contributed by atoms with van der Waals surface area (Å²) in [6, 6.07) is 16.3. The third kappa shape index (κ3) is 7.58. The Labute approximate surface area is 253 Å². The Morgan fingerprint density at radius 2 is 1.84 bits per heavy atom. The van der Waals surface area contributed by atoms with Gasteiger partial charge in [-0.15, -0.1) is 0 Å².